The minimum absolute atomic E-state index is 0.243. The predicted molar refractivity (Wildman–Crippen MR) is 95.7 cm³/mol. The van der Waals surface area contributed by atoms with E-state index in [9.17, 15) is 4.79 Å². The van der Waals surface area contributed by atoms with Crippen molar-refractivity contribution in [3.8, 4) is 0 Å². The fourth-order valence-electron chi connectivity index (χ4n) is 5.15. The standard InChI is InChI=1S/C20H29N3O/c1-22-15-21-19(24)20(22)11-13-23(14-12-20)18-10-6-5-9-17(18)16-7-3-2-4-8-16/h2-4,7-8,17-18H,5-6,9-15H2,1H3,(H,21,24)/t17-,18-/m0/s1. The predicted octanol–water partition coefficient (Wildman–Crippen LogP) is 2.57. The third kappa shape index (κ3) is 2.66. The molecule has 2 heterocycles. The number of hydrogen-bond donors (Lipinski definition) is 1. The summed E-state index contributed by atoms with van der Waals surface area (Å²) in [5, 5.41) is 3.03. The molecule has 4 heteroatoms. The molecule has 0 unspecified atom stereocenters. The van der Waals surface area contributed by atoms with Gasteiger partial charge in [-0.1, -0.05) is 43.2 Å². The van der Waals surface area contributed by atoms with Gasteiger partial charge in [-0.05, 0) is 44.2 Å². The fraction of sp³-hybridized carbons (Fsp3) is 0.650. The van der Waals surface area contributed by atoms with Gasteiger partial charge in [0.2, 0.25) is 5.91 Å². The van der Waals surface area contributed by atoms with Crippen LogP contribution in [0.3, 0.4) is 0 Å². The molecule has 24 heavy (non-hydrogen) atoms. The van der Waals surface area contributed by atoms with E-state index in [1.807, 2.05) is 0 Å². The molecule has 130 valence electrons. The summed E-state index contributed by atoms with van der Waals surface area (Å²) in [6.07, 6.45) is 7.22. The largest absolute Gasteiger partial charge is 0.342 e. The molecule has 3 aliphatic rings. The summed E-state index contributed by atoms with van der Waals surface area (Å²) in [4.78, 5) is 17.3. The first-order chi connectivity index (χ1) is 11.7. The van der Waals surface area contributed by atoms with Crippen LogP contribution in [0.5, 0.6) is 0 Å². The van der Waals surface area contributed by atoms with Crippen molar-refractivity contribution in [1.29, 1.82) is 0 Å². The molecule has 1 aromatic rings. The lowest BCUT2D eigenvalue weighted by molar-refractivity contribution is -0.129. The maximum atomic E-state index is 12.4. The molecule has 4 nitrogen and oxygen atoms in total. The van der Waals surface area contributed by atoms with Crippen molar-refractivity contribution in [3.05, 3.63) is 35.9 Å². The topological polar surface area (TPSA) is 35.6 Å². The summed E-state index contributed by atoms with van der Waals surface area (Å²) in [7, 11) is 2.08. The van der Waals surface area contributed by atoms with Crippen LogP contribution in [0.2, 0.25) is 0 Å². The van der Waals surface area contributed by atoms with E-state index in [0.29, 0.717) is 18.6 Å². The summed E-state index contributed by atoms with van der Waals surface area (Å²) in [5.74, 6) is 0.900. The van der Waals surface area contributed by atoms with Crippen molar-refractivity contribution < 1.29 is 4.79 Å². The maximum Gasteiger partial charge on any atom is 0.241 e. The second-order valence-corrected chi connectivity index (χ2v) is 7.80. The van der Waals surface area contributed by atoms with E-state index in [1.165, 1.54) is 31.2 Å². The highest BCUT2D eigenvalue weighted by Crippen LogP contribution is 2.39. The SMILES string of the molecule is CN1CNC(=O)C12CCN([C@H]1CCCC[C@H]1c1ccccc1)CC2. The smallest absolute Gasteiger partial charge is 0.241 e. The molecule has 2 saturated heterocycles. The Bertz CT molecular complexity index is 580. The third-order valence-corrected chi connectivity index (χ3v) is 6.68. The van der Waals surface area contributed by atoms with Crippen LogP contribution in [0.1, 0.15) is 50.0 Å². The third-order valence-electron chi connectivity index (χ3n) is 6.68. The van der Waals surface area contributed by atoms with Crippen molar-refractivity contribution in [2.75, 3.05) is 26.8 Å². The Labute approximate surface area is 145 Å². The van der Waals surface area contributed by atoms with Crippen LogP contribution in [0.15, 0.2) is 30.3 Å². The molecule has 1 aromatic carbocycles. The average Bonchev–Trinajstić information content (AvgIpc) is 2.92. The minimum atomic E-state index is -0.243. The van der Waals surface area contributed by atoms with Crippen LogP contribution in [0.25, 0.3) is 0 Å². The van der Waals surface area contributed by atoms with Gasteiger partial charge in [-0.3, -0.25) is 14.6 Å². The monoisotopic (exact) mass is 327 g/mol. The van der Waals surface area contributed by atoms with Gasteiger partial charge >= 0.3 is 0 Å². The molecule has 2 atom stereocenters. The number of amides is 1. The lowest BCUT2D eigenvalue weighted by Gasteiger charge is -2.47. The molecule has 1 spiro atoms. The van der Waals surface area contributed by atoms with Crippen molar-refractivity contribution in [2.45, 2.75) is 56.0 Å². The number of rotatable bonds is 2. The zero-order chi connectivity index (χ0) is 16.6. The zero-order valence-corrected chi connectivity index (χ0v) is 14.7. The van der Waals surface area contributed by atoms with Gasteiger partial charge in [0.25, 0.3) is 0 Å². The van der Waals surface area contributed by atoms with Crippen LogP contribution in [0.4, 0.5) is 0 Å². The van der Waals surface area contributed by atoms with Crippen molar-refractivity contribution >= 4 is 5.91 Å². The second-order valence-electron chi connectivity index (χ2n) is 7.80. The van der Waals surface area contributed by atoms with Crippen molar-refractivity contribution in [2.24, 2.45) is 0 Å². The Balaban J connectivity index is 1.48. The highest BCUT2D eigenvalue weighted by molar-refractivity contribution is 5.88. The van der Waals surface area contributed by atoms with E-state index in [1.54, 1.807) is 0 Å². The Morgan fingerprint density at radius 3 is 2.46 bits per heavy atom. The molecule has 0 aromatic heterocycles. The molecule has 3 fully saturated rings. The first-order valence-electron chi connectivity index (χ1n) is 9.49. The zero-order valence-electron chi connectivity index (χ0n) is 14.7. The van der Waals surface area contributed by atoms with Gasteiger partial charge in [0.05, 0.1) is 6.67 Å². The number of nitrogens with zero attached hydrogens (tertiary/aromatic N) is 2. The molecule has 0 bridgehead atoms. The summed E-state index contributed by atoms with van der Waals surface area (Å²) >= 11 is 0. The fourth-order valence-corrected chi connectivity index (χ4v) is 5.15. The lowest BCUT2D eigenvalue weighted by atomic mass is 9.77. The molecule has 2 aliphatic heterocycles. The van der Waals surface area contributed by atoms with E-state index in [-0.39, 0.29) is 11.4 Å². The molecule has 1 saturated carbocycles. The van der Waals surface area contributed by atoms with E-state index >= 15 is 0 Å². The molecule has 4 rings (SSSR count). The van der Waals surface area contributed by atoms with E-state index in [4.69, 9.17) is 0 Å². The first kappa shape index (κ1) is 16.1. The number of nitrogens with one attached hydrogen (secondary N) is 1. The second kappa shape index (κ2) is 6.49. The number of carbonyl (C=O) groups is 1. The molecular formula is C20H29N3O. The highest BCUT2D eigenvalue weighted by Gasteiger charge is 2.49. The van der Waals surface area contributed by atoms with Gasteiger partial charge < -0.3 is 5.32 Å². The summed E-state index contributed by atoms with van der Waals surface area (Å²) < 4.78 is 0. The molecular weight excluding hydrogens is 298 g/mol. The highest BCUT2D eigenvalue weighted by atomic mass is 16.2. The van der Waals surface area contributed by atoms with Gasteiger partial charge in [0.15, 0.2) is 0 Å². The van der Waals surface area contributed by atoms with Gasteiger partial charge in [0, 0.05) is 19.1 Å². The van der Waals surface area contributed by atoms with Crippen molar-refractivity contribution in [3.63, 3.8) is 0 Å². The quantitative estimate of drug-likeness (QED) is 0.907. The number of carbonyl (C=O) groups excluding carboxylic acids is 1. The normalized spacial score (nSPS) is 31.3. The van der Waals surface area contributed by atoms with Gasteiger partial charge in [-0.25, -0.2) is 0 Å². The van der Waals surface area contributed by atoms with Crippen LogP contribution in [-0.2, 0) is 4.79 Å². The lowest BCUT2D eigenvalue weighted by Crippen LogP contribution is -2.57. The Kier molecular flexibility index (Phi) is 4.35. The number of likely N-dealkylation sites (N-methyl/N-ethyl adjacent to an activating group) is 1. The summed E-state index contributed by atoms with van der Waals surface area (Å²) in [6, 6.07) is 11.7. The summed E-state index contributed by atoms with van der Waals surface area (Å²) in [6.45, 7) is 2.80. The minimum Gasteiger partial charge on any atom is -0.342 e. The van der Waals surface area contributed by atoms with Gasteiger partial charge in [-0.15, -0.1) is 0 Å². The molecule has 1 N–H and O–H groups in total. The Hall–Kier alpha value is -1.39. The van der Waals surface area contributed by atoms with Gasteiger partial charge in [0.1, 0.15) is 5.54 Å². The Morgan fingerprint density at radius 2 is 1.79 bits per heavy atom. The number of piperidine rings is 1. The molecule has 1 aliphatic carbocycles. The number of likely N-dealkylation sites (tertiary alicyclic amines) is 1. The summed E-state index contributed by atoms with van der Waals surface area (Å²) in [5.41, 5.74) is 1.26. The van der Waals surface area contributed by atoms with E-state index in [2.05, 4.69) is 52.5 Å². The van der Waals surface area contributed by atoms with Gasteiger partial charge in [-0.2, -0.15) is 0 Å². The van der Waals surface area contributed by atoms with E-state index < -0.39 is 0 Å². The average molecular weight is 327 g/mol. The Morgan fingerprint density at radius 1 is 1.08 bits per heavy atom. The van der Waals surface area contributed by atoms with Crippen LogP contribution < -0.4 is 5.32 Å². The number of hydrogen-bond acceptors (Lipinski definition) is 3. The van der Waals surface area contributed by atoms with E-state index in [0.717, 1.165) is 25.9 Å². The molecule has 0 radical (unpaired) electrons. The van der Waals surface area contributed by atoms with Crippen molar-refractivity contribution in [1.82, 2.24) is 15.1 Å². The van der Waals surface area contributed by atoms with Crippen LogP contribution in [-0.4, -0.2) is 54.1 Å². The molecule has 1 amide bonds. The van der Waals surface area contributed by atoms with Crippen LogP contribution >= 0.6 is 0 Å². The number of benzene rings is 1. The first-order valence-corrected chi connectivity index (χ1v) is 9.49. The van der Waals surface area contributed by atoms with Crippen LogP contribution in [0, 0.1) is 0 Å². The maximum absolute atomic E-state index is 12.4.